The molecule has 1 aliphatic carbocycles. The monoisotopic (exact) mass is 370 g/mol. The van der Waals surface area contributed by atoms with E-state index in [2.05, 4.69) is 15.2 Å². The molecule has 1 spiro atoms. The number of amides is 1. The molecule has 4 rings (SSSR count). The van der Waals surface area contributed by atoms with Crippen molar-refractivity contribution in [3.05, 3.63) is 48.0 Å². The summed E-state index contributed by atoms with van der Waals surface area (Å²) in [6.45, 7) is 2.69. The van der Waals surface area contributed by atoms with Crippen LogP contribution in [0.2, 0.25) is 0 Å². The van der Waals surface area contributed by atoms with Crippen LogP contribution in [0.3, 0.4) is 0 Å². The van der Waals surface area contributed by atoms with Crippen LogP contribution in [-0.2, 0) is 13.6 Å². The molecule has 1 amide bonds. The maximum atomic E-state index is 13.5. The van der Waals surface area contributed by atoms with Crippen molar-refractivity contribution < 1.29 is 4.79 Å². The maximum Gasteiger partial charge on any atom is 0.255 e. The Bertz CT molecular complexity index is 797. The van der Waals surface area contributed by atoms with Crippen molar-refractivity contribution in [2.45, 2.75) is 36.7 Å². The molecule has 1 N–H and O–H groups in total. The second-order valence-electron chi connectivity index (χ2n) is 7.42. The van der Waals surface area contributed by atoms with Crippen molar-refractivity contribution in [1.82, 2.24) is 19.8 Å². The number of carbonyl (C=O) groups excluding carboxylic acids is 1. The quantitative estimate of drug-likeness (QED) is 0.822. The van der Waals surface area contributed by atoms with Crippen LogP contribution in [0.4, 0.5) is 0 Å². The van der Waals surface area contributed by atoms with Crippen LogP contribution in [0, 0.1) is 5.41 Å². The summed E-state index contributed by atoms with van der Waals surface area (Å²) in [4.78, 5) is 21.1. The highest BCUT2D eigenvalue weighted by molar-refractivity contribution is 7.98. The van der Waals surface area contributed by atoms with Gasteiger partial charge in [0.15, 0.2) is 0 Å². The molecular formula is C20H26N4OS. The van der Waals surface area contributed by atoms with Gasteiger partial charge in [-0.25, -0.2) is 4.98 Å². The molecule has 6 heteroatoms. The Morgan fingerprint density at radius 3 is 2.85 bits per heavy atom. The highest BCUT2D eigenvalue weighted by Crippen LogP contribution is 2.56. The second kappa shape index (κ2) is 7.08. The van der Waals surface area contributed by atoms with Gasteiger partial charge in [0, 0.05) is 30.4 Å². The topological polar surface area (TPSA) is 50.2 Å². The molecule has 2 fully saturated rings. The minimum atomic E-state index is 0.137. The molecule has 1 saturated carbocycles. The molecule has 0 bridgehead atoms. The molecule has 1 atom stereocenters. The average Bonchev–Trinajstić information content (AvgIpc) is 3.19. The second-order valence-corrected chi connectivity index (χ2v) is 8.27. The zero-order chi connectivity index (χ0) is 18.1. The van der Waals surface area contributed by atoms with Gasteiger partial charge in [-0.05, 0) is 56.2 Å². The van der Waals surface area contributed by atoms with E-state index in [1.165, 1.54) is 0 Å². The molecule has 1 saturated heterocycles. The zero-order valence-corrected chi connectivity index (χ0v) is 16.3. The summed E-state index contributed by atoms with van der Waals surface area (Å²) in [6, 6.07) is 8.26. The molecule has 5 nitrogen and oxygen atoms in total. The third kappa shape index (κ3) is 3.16. The van der Waals surface area contributed by atoms with E-state index in [1.807, 2.05) is 48.3 Å². The summed E-state index contributed by atoms with van der Waals surface area (Å²) >= 11 is 1.63. The number of hydrogen-bond acceptors (Lipinski definition) is 4. The van der Waals surface area contributed by atoms with Gasteiger partial charge in [0.1, 0.15) is 5.82 Å². The Morgan fingerprint density at radius 2 is 2.15 bits per heavy atom. The van der Waals surface area contributed by atoms with Gasteiger partial charge >= 0.3 is 0 Å². The fourth-order valence-corrected chi connectivity index (χ4v) is 4.82. The van der Waals surface area contributed by atoms with Gasteiger partial charge in [0.2, 0.25) is 0 Å². The Balaban J connectivity index is 1.64. The Kier molecular flexibility index (Phi) is 4.80. The average molecular weight is 371 g/mol. The van der Waals surface area contributed by atoms with Crippen molar-refractivity contribution >= 4 is 17.7 Å². The smallest absolute Gasteiger partial charge is 0.255 e. The minimum Gasteiger partial charge on any atom is -0.337 e. The van der Waals surface area contributed by atoms with Gasteiger partial charge in [-0.3, -0.25) is 4.79 Å². The number of carbonyl (C=O) groups is 1. The summed E-state index contributed by atoms with van der Waals surface area (Å²) < 4.78 is 2.01. The molecule has 1 aromatic carbocycles. The number of thioether (sulfide) groups is 1. The van der Waals surface area contributed by atoms with Gasteiger partial charge in [-0.2, -0.15) is 0 Å². The van der Waals surface area contributed by atoms with Crippen LogP contribution in [0.1, 0.15) is 35.4 Å². The highest BCUT2D eigenvalue weighted by Gasteiger charge is 2.58. The SMILES string of the molecule is CSc1ccccc1C(=O)N(Cc1nccn1C)C1CC12CCNCC2. The fourth-order valence-electron chi connectivity index (χ4n) is 4.23. The predicted molar refractivity (Wildman–Crippen MR) is 104 cm³/mol. The number of nitrogens with one attached hydrogen (secondary N) is 1. The summed E-state index contributed by atoms with van der Waals surface area (Å²) in [6.07, 6.45) is 9.22. The Morgan fingerprint density at radius 1 is 1.38 bits per heavy atom. The van der Waals surface area contributed by atoms with E-state index in [0.717, 1.165) is 48.6 Å². The molecule has 138 valence electrons. The first-order valence-corrected chi connectivity index (χ1v) is 10.5. The summed E-state index contributed by atoms with van der Waals surface area (Å²) in [7, 11) is 1.99. The van der Waals surface area contributed by atoms with Gasteiger partial charge < -0.3 is 14.8 Å². The van der Waals surface area contributed by atoms with Crippen molar-refractivity contribution in [3.8, 4) is 0 Å². The standard InChI is InChI=1S/C20H26N4OS/c1-23-12-11-22-18(23)14-24(17-13-20(17)7-9-21-10-8-20)19(25)15-5-3-4-6-16(15)26-2/h3-6,11-12,17,21H,7-10,13-14H2,1-2H3. The summed E-state index contributed by atoms with van der Waals surface area (Å²) in [5.41, 5.74) is 1.12. The number of aromatic nitrogens is 2. The summed E-state index contributed by atoms with van der Waals surface area (Å²) in [5.74, 6) is 1.08. The van der Waals surface area contributed by atoms with Gasteiger partial charge in [0.25, 0.3) is 5.91 Å². The van der Waals surface area contributed by atoms with Gasteiger partial charge in [-0.1, -0.05) is 12.1 Å². The first-order chi connectivity index (χ1) is 12.6. The van der Waals surface area contributed by atoms with Crippen molar-refractivity contribution in [1.29, 1.82) is 0 Å². The molecule has 2 heterocycles. The number of imidazole rings is 1. The Hall–Kier alpha value is -1.79. The predicted octanol–water partition coefficient (Wildman–Crippen LogP) is 2.93. The van der Waals surface area contributed by atoms with Crippen molar-refractivity contribution in [2.24, 2.45) is 12.5 Å². The van der Waals surface area contributed by atoms with Crippen LogP contribution >= 0.6 is 11.8 Å². The molecule has 1 aromatic heterocycles. The molecule has 26 heavy (non-hydrogen) atoms. The van der Waals surface area contributed by atoms with Crippen molar-refractivity contribution in [3.63, 3.8) is 0 Å². The maximum absolute atomic E-state index is 13.5. The molecule has 2 aromatic rings. The first kappa shape index (κ1) is 17.6. The molecule has 1 unspecified atom stereocenters. The Labute approximate surface area is 159 Å². The first-order valence-electron chi connectivity index (χ1n) is 9.25. The van der Waals surface area contributed by atoms with E-state index in [-0.39, 0.29) is 5.91 Å². The van der Waals surface area contributed by atoms with E-state index in [9.17, 15) is 4.79 Å². The number of benzene rings is 1. The molecule has 2 aliphatic rings. The van der Waals surface area contributed by atoms with Crippen LogP contribution < -0.4 is 5.32 Å². The number of hydrogen-bond donors (Lipinski definition) is 1. The lowest BCUT2D eigenvalue weighted by Gasteiger charge is -2.30. The van der Waals surface area contributed by atoms with Crippen LogP contribution in [-0.4, -0.2) is 45.7 Å². The van der Waals surface area contributed by atoms with E-state index >= 15 is 0 Å². The number of piperidine rings is 1. The zero-order valence-electron chi connectivity index (χ0n) is 15.4. The number of nitrogens with zero attached hydrogens (tertiary/aromatic N) is 3. The third-order valence-electron chi connectivity index (χ3n) is 5.95. The van der Waals surface area contributed by atoms with Crippen LogP contribution in [0.25, 0.3) is 0 Å². The van der Waals surface area contributed by atoms with E-state index in [4.69, 9.17) is 0 Å². The lowest BCUT2D eigenvalue weighted by atomic mass is 9.93. The lowest BCUT2D eigenvalue weighted by molar-refractivity contribution is 0.0682. The van der Waals surface area contributed by atoms with E-state index < -0.39 is 0 Å². The molecule has 1 aliphatic heterocycles. The largest absolute Gasteiger partial charge is 0.337 e. The number of aryl methyl sites for hydroxylation is 1. The van der Waals surface area contributed by atoms with Gasteiger partial charge in [0.05, 0.1) is 12.1 Å². The highest BCUT2D eigenvalue weighted by atomic mass is 32.2. The minimum absolute atomic E-state index is 0.137. The molecular weight excluding hydrogens is 344 g/mol. The van der Waals surface area contributed by atoms with Gasteiger partial charge in [-0.15, -0.1) is 11.8 Å². The number of rotatable bonds is 5. The van der Waals surface area contributed by atoms with Crippen molar-refractivity contribution in [2.75, 3.05) is 19.3 Å². The summed E-state index contributed by atoms with van der Waals surface area (Å²) in [5, 5.41) is 3.45. The van der Waals surface area contributed by atoms with Crippen LogP contribution in [0.15, 0.2) is 41.6 Å². The van der Waals surface area contributed by atoms with E-state index in [0.29, 0.717) is 18.0 Å². The normalized spacial score (nSPS) is 20.9. The lowest BCUT2D eigenvalue weighted by Crippen LogP contribution is -2.39. The van der Waals surface area contributed by atoms with Crippen LogP contribution in [0.5, 0.6) is 0 Å². The van der Waals surface area contributed by atoms with E-state index in [1.54, 1.807) is 18.0 Å². The third-order valence-corrected chi connectivity index (χ3v) is 6.75. The fraction of sp³-hybridized carbons (Fsp3) is 0.500. The molecule has 0 radical (unpaired) electrons.